The fraction of sp³-hybridized carbons (Fsp3) is 0.500. The van der Waals surface area contributed by atoms with Crippen molar-refractivity contribution in [3.05, 3.63) is 23.8 Å². The van der Waals surface area contributed by atoms with Gasteiger partial charge in [0.15, 0.2) is 0 Å². The van der Waals surface area contributed by atoms with Crippen molar-refractivity contribution in [3.8, 4) is 6.07 Å². The first-order valence-electron chi connectivity index (χ1n) is 6.20. The van der Waals surface area contributed by atoms with Gasteiger partial charge < -0.3 is 10.6 Å². The fourth-order valence-corrected chi connectivity index (χ4v) is 2.31. The van der Waals surface area contributed by atoms with Gasteiger partial charge in [0.05, 0.1) is 11.3 Å². The van der Waals surface area contributed by atoms with E-state index in [2.05, 4.69) is 36.8 Å². The summed E-state index contributed by atoms with van der Waals surface area (Å²) < 4.78 is 0. The van der Waals surface area contributed by atoms with Gasteiger partial charge in [-0.05, 0) is 39.1 Å². The molecule has 96 valence electrons. The number of likely N-dealkylation sites (N-methyl/N-ethyl adjacent to an activating group) is 1. The molecule has 1 saturated heterocycles. The zero-order chi connectivity index (χ0) is 13.3. The van der Waals surface area contributed by atoms with Crippen LogP contribution in [0, 0.1) is 11.3 Å². The summed E-state index contributed by atoms with van der Waals surface area (Å²) in [6, 6.07) is 7.78. The average molecular weight is 244 g/mol. The molecule has 0 atom stereocenters. The minimum absolute atomic E-state index is 0.154. The second kappa shape index (κ2) is 4.51. The van der Waals surface area contributed by atoms with Crippen LogP contribution in [-0.2, 0) is 0 Å². The monoisotopic (exact) mass is 244 g/mol. The Morgan fingerprint density at radius 1 is 1.33 bits per heavy atom. The molecule has 0 saturated carbocycles. The van der Waals surface area contributed by atoms with E-state index < -0.39 is 0 Å². The molecule has 4 nitrogen and oxygen atoms in total. The number of piperazine rings is 1. The van der Waals surface area contributed by atoms with Gasteiger partial charge in [0, 0.05) is 30.9 Å². The fourth-order valence-electron chi connectivity index (χ4n) is 2.31. The van der Waals surface area contributed by atoms with Gasteiger partial charge in [-0.2, -0.15) is 5.26 Å². The highest BCUT2D eigenvalue weighted by atomic mass is 15.3. The van der Waals surface area contributed by atoms with Gasteiger partial charge >= 0.3 is 0 Å². The molecule has 1 fully saturated rings. The van der Waals surface area contributed by atoms with Crippen molar-refractivity contribution in [2.45, 2.75) is 19.4 Å². The molecule has 2 rings (SSSR count). The molecular formula is C14H20N4. The number of benzene rings is 1. The van der Waals surface area contributed by atoms with Crippen molar-refractivity contribution in [2.24, 2.45) is 0 Å². The van der Waals surface area contributed by atoms with Crippen LogP contribution in [0.4, 0.5) is 11.4 Å². The molecule has 0 radical (unpaired) electrons. The summed E-state index contributed by atoms with van der Waals surface area (Å²) in [6.07, 6.45) is 0. The Morgan fingerprint density at radius 3 is 2.61 bits per heavy atom. The van der Waals surface area contributed by atoms with E-state index in [0.717, 1.165) is 25.3 Å². The first kappa shape index (κ1) is 12.7. The lowest BCUT2D eigenvalue weighted by Crippen LogP contribution is -2.57. The van der Waals surface area contributed by atoms with Gasteiger partial charge in [0.2, 0.25) is 0 Å². The first-order valence-corrected chi connectivity index (χ1v) is 6.20. The smallest absolute Gasteiger partial charge is 0.101 e. The second-order valence-electron chi connectivity index (χ2n) is 5.54. The summed E-state index contributed by atoms with van der Waals surface area (Å²) in [4.78, 5) is 4.70. The number of anilines is 2. The maximum Gasteiger partial charge on any atom is 0.101 e. The van der Waals surface area contributed by atoms with Gasteiger partial charge in [-0.1, -0.05) is 0 Å². The van der Waals surface area contributed by atoms with E-state index in [1.54, 1.807) is 6.07 Å². The quantitative estimate of drug-likeness (QED) is 0.763. The highest BCUT2D eigenvalue weighted by Gasteiger charge is 2.31. The van der Waals surface area contributed by atoms with Gasteiger partial charge in [-0.3, -0.25) is 4.90 Å². The third kappa shape index (κ3) is 2.27. The maximum atomic E-state index is 8.89. The third-order valence-electron chi connectivity index (χ3n) is 3.84. The Bertz CT molecular complexity index is 487. The molecule has 2 N–H and O–H groups in total. The molecule has 1 aromatic carbocycles. The molecule has 0 amide bonds. The summed E-state index contributed by atoms with van der Waals surface area (Å²) in [5.41, 5.74) is 8.24. The second-order valence-corrected chi connectivity index (χ2v) is 5.54. The Labute approximate surface area is 109 Å². The maximum absolute atomic E-state index is 8.89. The number of hydrogen-bond donors (Lipinski definition) is 1. The topological polar surface area (TPSA) is 56.3 Å². The molecular weight excluding hydrogens is 224 g/mol. The van der Waals surface area contributed by atoms with Gasteiger partial charge in [-0.15, -0.1) is 0 Å². The normalized spacial score (nSPS) is 19.6. The Balaban J connectivity index is 2.23. The summed E-state index contributed by atoms with van der Waals surface area (Å²) in [5.74, 6) is 0. The number of nitriles is 1. The van der Waals surface area contributed by atoms with E-state index in [0.29, 0.717) is 11.3 Å². The van der Waals surface area contributed by atoms with Crippen molar-refractivity contribution < 1.29 is 0 Å². The van der Waals surface area contributed by atoms with Gasteiger partial charge in [0.1, 0.15) is 6.07 Å². The summed E-state index contributed by atoms with van der Waals surface area (Å²) in [7, 11) is 2.16. The predicted molar refractivity (Wildman–Crippen MR) is 74.5 cm³/mol. The summed E-state index contributed by atoms with van der Waals surface area (Å²) in [6.45, 7) is 7.48. The van der Waals surface area contributed by atoms with E-state index in [1.807, 2.05) is 12.1 Å². The molecule has 0 spiro atoms. The van der Waals surface area contributed by atoms with E-state index in [9.17, 15) is 0 Å². The van der Waals surface area contributed by atoms with Gasteiger partial charge in [0.25, 0.3) is 0 Å². The lowest BCUT2D eigenvalue weighted by molar-refractivity contribution is 0.139. The largest absolute Gasteiger partial charge is 0.398 e. The molecule has 0 unspecified atom stereocenters. The molecule has 1 heterocycles. The van der Waals surface area contributed by atoms with E-state index >= 15 is 0 Å². The van der Waals surface area contributed by atoms with Crippen molar-refractivity contribution in [1.82, 2.24) is 4.90 Å². The highest BCUT2D eigenvalue weighted by molar-refractivity contribution is 5.63. The molecule has 0 aromatic heterocycles. The zero-order valence-corrected chi connectivity index (χ0v) is 11.3. The number of hydrogen-bond acceptors (Lipinski definition) is 4. The Hall–Kier alpha value is -1.73. The number of nitrogen functional groups attached to an aromatic ring is 1. The number of rotatable bonds is 1. The molecule has 18 heavy (non-hydrogen) atoms. The van der Waals surface area contributed by atoms with Crippen LogP contribution >= 0.6 is 0 Å². The molecule has 0 aliphatic carbocycles. The predicted octanol–water partition coefficient (Wildman–Crippen LogP) is 1.67. The Kier molecular flexibility index (Phi) is 3.18. The van der Waals surface area contributed by atoms with Gasteiger partial charge in [-0.25, -0.2) is 0 Å². The zero-order valence-electron chi connectivity index (χ0n) is 11.3. The van der Waals surface area contributed by atoms with E-state index in [4.69, 9.17) is 11.0 Å². The standard InChI is InChI=1S/C14H20N4/c1-14(2)10-18(7-6-17(14)3)12-5-4-11(9-15)13(16)8-12/h4-5,8H,6-7,10,16H2,1-3H3. The lowest BCUT2D eigenvalue weighted by atomic mass is 9.99. The van der Waals surface area contributed by atoms with Crippen molar-refractivity contribution in [1.29, 1.82) is 5.26 Å². The van der Waals surface area contributed by atoms with Crippen LogP contribution in [0.15, 0.2) is 18.2 Å². The summed E-state index contributed by atoms with van der Waals surface area (Å²) >= 11 is 0. The molecule has 1 aromatic rings. The highest BCUT2D eigenvalue weighted by Crippen LogP contribution is 2.26. The van der Waals surface area contributed by atoms with Crippen molar-refractivity contribution in [3.63, 3.8) is 0 Å². The van der Waals surface area contributed by atoms with Crippen LogP contribution in [0.3, 0.4) is 0 Å². The SMILES string of the molecule is CN1CCN(c2ccc(C#N)c(N)c2)CC1(C)C. The average Bonchev–Trinajstić information content (AvgIpc) is 2.32. The molecule has 4 heteroatoms. The Morgan fingerprint density at radius 2 is 2.06 bits per heavy atom. The van der Waals surface area contributed by atoms with Crippen LogP contribution in [0.5, 0.6) is 0 Å². The summed E-state index contributed by atoms with van der Waals surface area (Å²) in [5, 5.41) is 8.89. The van der Waals surface area contributed by atoms with E-state index in [1.165, 1.54) is 0 Å². The molecule has 1 aliphatic heterocycles. The van der Waals surface area contributed by atoms with Crippen molar-refractivity contribution >= 4 is 11.4 Å². The van der Waals surface area contributed by atoms with Crippen molar-refractivity contribution in [2.75, 3.05) is 37.3 Å². The van der Waals surface area contributed by atoms with Crippen LogP contribution in [-0.4, -0.2) is 37.1 Å². The van der Waals surface area contributed by atoms with E-state index in [-0.39, 0.29) is 5.54 Å². The lowest BCUT2D eigenvalue weighted by Gasteiger charge is -2.46. The van der Waals surface area contributed by atoms with Crippen LogP contribution in [0.2, 0.25) is 0 Å². The van der Waals surface area contributed by atoms with Crippen LogP contribution in [0.25, 0.3) is 0 Å². The van der Waals surface area contributed by atoms with Crippen LogP contribution in [0.1, 0.15) is 19.4 Å². The number of nitrogens with zero attached hydrogens (tertiary/aromatic N) is 3. The third-order valence-corrected chi connectivity index (χ3v) is 3.84. The molecule has 0 bridgehead atoms. The van der Waals surface area contributed by atoms with Crippen LogP contribution < -0.4 is 10.6 Å². The number of nitrogens with two attached hydrogens (primary N) is 1. The minimum atomic E-state index is 0.154. The first-order chi connectivity index (χ1) is 8.44. The minimum Gasteiger partial charge on any atom is -0.398 e. The molecule has 1 aliphatic rings.